The number of nitrogens with zero attached hydrogens (tertiary/aromatic N) is 4. The van der Waals surface area contributed by atoms with E-state index in [1.807, 2.05) is 23.4 Å². The summed E-state index contributed by atoms with van der Waals surface area (Å²) < 4.78 is 42.1. The van der Waals surface area contributed by atoms with Crippen molar-refractivity contribution in [2.75, 3.05) is 57.5 Å². The van der Waals surface area contributed by atoms with Crippen LogP contribution in [0.25, 0.3) is 0 Å². The second kappa shape index (κ2) is 10.4. The molecule has 0 saturated carbocycles. The largest absolute Gasteiger partial charge is 0.385 e. The molecule has 1 aromatic rings. The Morgan fingerprint density at radius 1 is 1.22 bits per heavy atom. The van der Waals surface area contributed by atoms with Gasteiger partial charge in [0.05, 0.1) is 24.7 Å². The molecule has 1 aliphatic heterocycles. The van der Waals surface area contributed by atoms with Gasteiger partial charge in [0.1, 0.15) is 6.10 Å². The first-order valence-corrected chi connectivity index (χ1v) is 11.2. The third-order valence-electron chi connectivity index (χ3n) is 4.81. The van der Waals surface area contributed by atoms with Crippen LogP contribution in [-0.2, 0) is 30.6 Å². The van der Waals surface area contributed by atoms with Crippen molar-refractivity contribution in [3.05, 3.63) is 5.82 Å². The standard InChI is InChI=1S/C17H32N4O5S/c1-14(26-11-10-25-4)16-18-19-17(21(16)8-6-9-24-3)20(2)15-7-5-12-27(22,23)13-15/h14-15H,5-13H2,1-4H3. The minimum Gasteiger partial charge on any atom is -0.385 e. The van der Waals surface area contributed by atoms with E-state index in [-0.39, 0.29) is 23.7 Å². The van der Waals surface area contributed by atoms with Crippen molar-refractivity contribution in [2.45, 2.75) is 44.9 Å². The van der Waals surface area contributed by atoms with Crippen molar-refractivity contribution in [1.82, 2.24) is 14.8 Å². The van der Waals surface area contributed by atoms with Crippen LogP contribution < -0.4 is 4.90 Å². The molecular weight excluding hydrogens is 372 g/mol. The highest BCUT2D eigenvalue weighted by molar-refractivity contribution is 7.91. The summed E-state index contributed by atoms with van der Waals surface area (Å²) in [6.07, 6.45) is 2.07. The molecule has 2 heterocycles. The van der Waals surface area contributed by atoms with Crippen LogP contribution in [0.2, 0.25) is 0 Å². The number of sulfone groups is 1. The Morgan fingerprint density at radius 2 is 1.96 bits per heavy atom. The molecule has 0 amide bonds. The van der Waals surface area contributed by atoms with Crippen LogP contribution in [0.15, 0.2) is 0 Å². The third-order valence-corrected chi connectivity index (χ3v) is 6.61. The lowest BCUT2D eigenvalue weighted by Gasteiger charge is -2.32. The molecule has 0 aromatic carbocycles. The monoisotopic (exact) mass is 404 g/mol. The van der Waals surface area contributed by atoms with Crippen molar-refractivity contribution in [1.29, 1.82) is 0 Å². The zero-order valence-electron chi connectivity index (χ0n) is 16.8. The third kappa shape index (κ3) is 6.13. The van der Waals surface area contributed by atoms with Gasteiger partial charge >= 0.3 is 0 Å². The molecule has 1 saturated heterocycles. The number of aromatic nitrogens is 3. The van der Waals surface area contributed by atoms with Crippen molar-refractivity contribution >= 4 is 15.8 Å². The Kier molecular flexibility index (Phi) is 8.46. The van der Waals surface area contributed by atoms with Gasteiger partial charge < -0.3 is 19.1 Å². The highest BCUT2D eigenvalue weighted by Crippen LogP contribution is 2.25. The minimum atomic E-state index is -3.00. The summed E-state index contributed by atoms with van der Waals surface area (Å²) in [4.78, 5) is 1.95. The lowest BCUT2D eigenvalue weighted by molar-refractivity contribution is 0.0195. The first-order valence-electron chi connectivity index (χ1n) is 9.35. The summed E-state index contributed by atoms with van der Waals surface area (Å²) in [7, 11) is 2.19. The van der Waals surface area contributed by atoms with Crippen molar-refractivity contribution < 1.29 is 22.6 Å². The molecular formula is C17H32N4O5S. The second-order valence-electron chi connectivity index (χ2n) is 6.88. The summed E-state index contributed by atoms with van der Waals surface area (Å²) in [5.41, 5.74) is 0. The maximum absolute atomic E-state index is 12.0. The molecule has 2 atom stereocenters. The maximum Gasteiger partial charge on any atom is 0.227 e. The number of hydrogen-bond acceptors (Lipinski definition) is 8. The Hall–Kier alpha value is -1.23. The molecule has 9 nitrogen and oxygen atoms in total. The number of ether oxygens (including phenoxy) is 3. The quantitative estimate of drug-likeness (QED) is 0.505. The molecule has 0 radical (unpaired) electrons. The maximum atomic E-state index is 12.0. The molecule has 0 N–H and O–H groups in total. The predicted molar refractivity (Wildman–Crippen MR) is 103 cm³/mol. The minimum absolute atomic E-state index is 0.0910. The van der Waals surface area contributed by atoms with Crippen LogP contribution in [0.1, 0.15) is 38.1 Å². The van der Waals surface area contributed by atoms with Gasteiger partial charge in [-0.3, -0.25) is 4.57 Å². The molecule has 0 bridgehead atoms. The van der Waals surface area contributed by atoms with Gasteiger partial charge in [0.25, 0.3) is 0 Å². The van der Waals surface area contributed by atoms with Crippen molar-refractivity contribution in [2.24, 2.45) is 0 Å². The topological polar surface area (TPSA) is 95.8 Å². The Balaban J connectivity index is 2.20. The summed E-state index contributed by atoms with van der Waals surface area (Å²) in [6, 6.07) is -0.0910. The van der Waals surface area contributed by atoms with Crippen molar-refractivity contribution in [3.8, 4) is 0 Å². The molecule has 1 aliphatic rings. The smallest absolute Gasteiger partial charge is 0.227 e. The van der Waals surface area contributed by atoms with E-state index in [4.69, 9.17) is 14.2 Å². The van der Waals surface area contributed by atoms with Crippen molar-refractivity contribution in [3.63, 3.8) is 0 Å². The van der Waals surface area contributed by atoms with Gasteiger partial charge in [-0.05, 0) is 26.2 Å². The first kappa shape index (κ1) is 22.1. The van der Waals surface area contributed by atoms with E-state index in [9.17, 15) is 8.42 Å². The Morgan fingerprint density at radius 3 is 2.63 bits per heavy atom. The van der Waals surface area contributed by atoms with Crippen LogP contribution >= 0.6 is 0 Å². The SMILES string of the molecule is COCCCn1c(C(C)OCCOC)nnc1N(C)C1CCCS(=O)(=O)C1. The summed E-state index contributed by atoms with van der Waals surface area (Å²) in [5, 5.41) is 8.70. The second-order valence-corrected chi connectivity index (χ2v) is 9.11. The summed E-state index contributed by atoms with van der Waals surface area (Å²) in [6.45, 7) is 4.20. The average molecular weight is 405 g/mol. The zero-order valence-corrected chi connectivity index (χ0v) is 17.6. The lowest BCUT2D eigenvalue weighted by Crippen LogP contribution is -2.42. The molecule has 1 aromatic heterocycles. The highest BCUT2D eigenvalue weighted by atomic mass is 32.2. The van der Waals surface area contributed by atoms with E-state index in [1.165, 1.54) is 0 Å². The van der Waals surface area contributed by atoms with E-state index in [0.717, 1.165) is 18.7 Å². The molecule has 27 heavy (non-hydrogen) atoms. The van der Waals surface area contributed by atoms with Crippen LogP contribution in [0.5, 0.6) is 0 Å². The van der Waals surface area contributed by atoms with Gasteiger partial charge in [-0.25, -0.2) is 8.42 Å². The highest BCUT2D eigenvalue weighted by Gasteiger charge is 2.31. The zero-order chi connectivity index (χ0) is 19.9. The van der Waals surface area contributed by atoms with Crippen LogP contribution in [0, 0.1) is 0 Å². The van der Waals surface area contributed by atoms with E-state index in [1.54, 1.807) is 14.2 Å². The number of methoxy groups -OCH3 is 2. The molecule has 2 unspecified atom stereocenters. The molecule has 10 heteroatoms. The van der Waals surface area contributed by atoms with Crippen LogP contribution in [-0.4, -0.2) is 81.8 Å². The lowest BCUT2D eigenvalue weighted by atomic mass is 10.1. The fourth-order valence-corrected chi connectivity index (χ4v) is 5.05. The molecule has 0 spiro atoms. The average Bonchev–Trinajstić information content (AvgIpc) is 3.04. The fourth-order valence-electron chi connectivity index (χ4n) is 3.30. The normalized spacial score (nSPS) is 20.5. The van der Waals surface area contributed by atoms with Gasteiger partial charge in [-0.15, -0.1) is 10.2 Å². The molecule has 0 aliphatic carbocycles. The van der Waals surface area contributed by atoms with Crippen LogP contribution in [0.3, 0.4) is 0 Å². The van der Waals surface area contributed by atoms with Gasteiger partial charge in [0, 0.05) is 40.5 Å². The van der Waals surface area contributed by atoms with Gasteiger partial charge in [-0.1, -0.05) is 0 Å². The van der Waals surface area contributed by atoms with Gasteiger partial charge in [-0.2, -0.15) is 0 Å². The van der Waals surface area contributed by atoms with Gasteiger partial charge in [0.2, 0.25) is 5.95 Å². The van der Waals surface area contributed by atoms with E-state index in [0.29, 0.717) is 38.7 Å². The van der Waals surface area contributed by atoms with Gasteiger partial charge in [0.15, 0.2) is 15.7 Å². The first-order chi connectivity index (χ1) is 12.9. The van der Waals surface area contributed by atoms with E-state index >= 15 is 0 Å². The predicted octanol–water partition coefficient (Wildman–Crippen LogP) is 1.05. The molecule has 2 rings (SSSR count). The Labute approximate surface area is 161 Å². The van der Waals surface area contributed by atoms with Crippen LogP contribution in [0.4, 0.5) is 5.95 Å². The summed E-state index contributed by atoms with van der Waals surface area (Å²) in [5.74, 6) is 1.82. The van der Waals surface area contributed by atoms with E-state index in [2.05, 4.69) is 10.2 Å². The summed E-state index contributed by atoms with van der Waals surface area (Å²) >= 11 is 0. The molecule has 156 valence electrons. The number of anilines is 1. The number of rotatable bonds is 11. The fraction of sp³-hybridized carbons (Fsp3) is 0.882. The molecule has 1 fully saturated rings. The Bertz CT molecular complexity index is 679. The van der Waals surface area contributed by atoms with E-state index < -0.39 is 9.84 Å². The number of hydrogen-bond donors (Lipinski definition) is 0.